The van der Waals surface area contributed by atoms with Crippen LogP contribution in [0.15, 0.2) is 12.1 Å². The van der Waals surface area contributed by atoms with Crippen LogP contribution < -0.4 is 0 Å². The van der Waals surface area contributed by atoms with E-state index in [4.69, 9.17) is 11.6 Å². The zero-order chi connectivity index (χ0) is 13.6. The summed E-state index contributed by atoms with van der Waals surface area (Å²) in [5, 5.41) is 9.86. The third kappa shape index (κ3) is 1.97. The molecule has 3 nitrogen and oxygen atoms in total. The second-order valence-corrected chi connectivity index (χ2v) is 5.78. The van der Waals surface area contributed by atoms with Crippen molar-refractivity contribution < 1.29 is 14.3 Å². The highest BCUT2D eigenvalue weighted by Crippen LogP contribution is 2.35. The summed E-state index contributed by atoms with van der Waals surface area (Å²) in [6.07, 6.45) is 0.655. The van der Waals surface area contributed by atoms with E-state index in [0.717, 1.165) is 5.75 Å². The van der Waals surface area contributed by atoms with Crippen LogP contribution >= 0.6 is 23.4 Å². The van der Waals surface area contributed by atoms with E-state index in [1.807, 2.05) is 0 Å². The Balaban J connectivity index is 2.50. The number of benzene rings is 1. The van der Waals surface area contributed by atoms with Crippen molar-refractivity contribution >= 4 is 40.2 Å². The molecule has 3 rings (SSSR count). The topological polar surface area (TPSA) is 50.2 Å². The number of fused-ring (bicyclic) bond motifs is 2. The first kappa shape index (κ1) is 12.7. The maximum Gasteiger partial charge on any atom is 0.336 e. The van der Waals surface area contributed by atoms with Gasteiger partial charge in [-0.05, 0) is 29.9 Å². The van der Waals surface area contributed by atoms with Crippen molar-refractivity contribution in [1.29, 1.82) is 0 Å². The van der Waals surface area contributed by atoms with Crippen LogP contribution in [0.5, 0.6) is 0 Å². The van der Waals surface area contributed by atoms with Crippen molar-refractivity contribution in [2.45, 2.75) is 12.2 Å². The van der Waals surface area contributed by atoms with Crippen molar-refractivity contribution in [3.05, 3.63) is 39.8 Å². The van der Waals surface area contributed by atoms with E-state index in [2.05, 4.69) is 4.98 Å². The minimum absolute atomic E-state index is 0.0514. The molecule has 1 aliphatic rings. The van der Waals surface area contributed by atoms with Crippen LogP contribution in [0.4, 0.5) is 4.39 Å². The maximum absolute atomic E-state index is 13.9. The van der Waals surface area contributed by atoms with E-state index in [0.29, 0.717) is 23.4 Å². The zero-order valence-electron chi connectivity index (χ0n) is 9.74. The first-order valence-corrected chi connectivity index (χ1v) is 7.23. The van der Waals surface area contributed by atoms with Gasteiger partial charge >= 0.3 is 5.97 Å². The summed E-state index contributed by atoms with van der Waals surface area (Å²) in [5.74, 6) is -0.180. The lowest BCUT2D eigenvalue weighted by Crippen LogP contribution is -2.13. The normalized spacial score (nSPS) is 14.4. The van der Waals surface area contributed by atoms with Crippen LogP contribution in [0.1, 0.15) is 21.6 Å². The predicted octanol–water partition coefficient (Wildman–Crippen LogP) is 3.51. The van der Waals surface area contributed by atoms with Crippen LogP contribution in [0.3, 0.4) is 0 Å². The Morgan fingerprint density at radius 3 is 3.00 bits per heavy atom. The van der Waals surface area contributed by atoms with Gasteiger partial charge in [0, 0.05) is 16.8 Å². The largest absolute Gasteiger partial charge is 0.478 e. The number of aryl methyl sites for hydroxylation is 1. The standard InChI is InChI=1S/C13H9ClFNO2S/c14-7-1-2-8(15)12-11(7)10(13(17)18)6-5-19-4-3-9(6)16-12/h1-2H,3-5H2,(H,17,18). The number of carbonyl (C=O) groups is 1. The van der Waals surface area contributed by atoms with Gasteiger partial charge in [0.05, 0.1) is 10.6 Å². The van der Waals surface area contributed by atoms with E-state index >= 15 is 0 Å². The van der Waals surface area contributed by atoms with Gasteiger partial charge < -0.3 is 5.11 Å². The van der Waals surface area contributed by atoms with Crippen molar-refractivity contribution in [3.63, 3.8) is 0 Å². The van der Waals surface area contributed by atoms with Crippen LogP contribution in [0.25, 0.3) is 10.9 Å². The number of hydrogen-bond donors (Lipinski definition) is 1. The number of rotatable bonds is 1. The molecule has 0 fully saturated rings. The highest BCUT2D eigenvalue weighted by Gasteiger charge is 2.25. The Morgan fingerprint density at radius 2 is 2.26 bits per heavy atom. The molecule has 0 bridgehead atoms. The number of nitrogens with zero attached hydrogens (tertiary/aromatic N) is 1. The molecule has 0 unspecified atom stereocenters. The van der Waals surface area contributed by atoms with E-state index in [1.54, 1.807) is 11.8 Å². The summed E-state index contributed by atoms with van der Waals surface area (Å²) >= 11 is 7.69. The summed E-state index contributed by atoms with van der Waals surface area (Å²) in [6, 6.07) is 2.59. The fraction of sp³-hybridized carbons (Fsp3) is 0.231. The zero-order valence-corrected chi connectivity index (χ0v) is 11.3. The summed E-state index contributed by atoms with van der Waals surface area (Å²) < 4.78 is 13.9. The number of halogens is 2. The third-order valence-corrected chi connectivity index (χ3v) is 4.47. The van der Waals surface area contributed by atoms with Crippen molar-refractivity contribution in [2.75, 3.05) is 5.75 Å². The highest BCUT2D eigenvalue weighted by molar-refractivity contribution is 7.98. The second-order valence-electron chi connectivity index (χ2n) is 4.27. The Kier molecular flexibility index (Phi) is 3.11. The number of aromatic nitrogens is 1. The molecule has 1 aromatic heterocycles. The van der Waals surface area contributed by atoms with Gasteiger partial charge in [-0.2, -0.15) is 11.8 Å². The number of aromatic carboxylic acids is 1. The van der Waals surface area contributed by atoms with Gasteiger partial charge in [0.25, 0.3) is 0 Å². The van der Waals surface area contributed by atoms with Gasteiger partial charge in [-0.3, -0.25) is 0 Å². The van der Waals surface area contributed by atoms with Crippen molar-refractivity contribution in [2.24, 2.45) is 0 Å². The SMILES string of the molecule is O=C(O)c1c2c(nc3c(F)ccc(Cl)c13)CCSC2. The summed E-state index contributed by atoms with van der Waals surface area (Å²) in [5.41, 5.74) is 1.49. The molecule has 0 saturated carbocycles. The molecule has 0 spiro atoms. The Morgan fingerprint density at radius 1 is 1.47 bits per heavy atom. The molecular formula is C13H9ClFNO2S. The monoisotopic (exact) mass is 297 g/mol. The first-order chi connectivity index (χ1) is 9.09. The van der Waals surface area contributed by atoms with E-state index < -0.39 is 11.8 Å². The minimum Gasteiger partial charge on any atom is -0.478 e. The number of pyridine rings is 1. The van der Waals surface area contributed by atoms with E-state index in [1.165, 1.54) is 12.1 Å². The summed E-state index contributed by atoms with van der Waals surface area (Å²) in [7, 11) is 0. The lowest BCUT2D eigenvalue weighted by molar-refractivity contribution is 0.0698. The van der Waals surface area contributed by atoms with E-state index in [9.17, 15) is 14.3 Å². The average Bonchev–Trinajstić information content (AvgIpc) is 2.40. The minimum atomic E-state index is -1.08. The Labute approximate surface area is 117 Å². The van der Waals surface area contributed by atoms with Gasteiger partial charge in [0.15, 0.2) is 0 Å². The molecule has 19 heavy (non-hydrogen) atoms. The van der Waals surface area contributed by atoms with Gasteiger partial charge in [0.2, 0.25) is 0 Å². The average molecular weight is 298 g/mol. The predicted molar refractivity (Wildman–Crippen MR) is 73.5 cm³/mol. The summed E-state index contributed by atoms with van der Waals surface area (Å²) in [4.78, 5) is 15.8. The van der Waals surface area contributed by atoms with Crippen LogP contribution in [0, 0.1) is 5.82 Å². The molecule has 0 amide bonds. The molecule has 2 heterocycles. The molecule has 2 aromatic rings. The van der Waals surface area contributed by atoms with E-state index in [-0.39, 0.29) is 21.5 Å². The van der Waals surface area contributed by atoms with Gasteiger partial charge in [-0.25, -0.2) is 14.2 Å². The number of thioether (sulfide) groups is 1. The van der Waals surface area contributed by atoms with Gasteiger partial charge in [-0.1, -0.05) is 11.6 Å². The lowest BCUT2D eigenvalue weighted by Gasteiger charge is -2.19. The Bertz CT molecular complexity index is 705. The smallest absolute Gasteiger partial charge is 0.336 e. The molecule has 0 atom stereocenters. The number of hydrogen-bond acceptors (Lipinski definition) is 3. The fourth-order valence-corrected chi connectivity index (χ4v) is 3.57. The quantitative estimate of drug-likeness (QED) is 0.875. The molecule has 6 heteroatoms. The number of carboxylic acid groups (broad SMARTS) is 1. The van der Waals surface area contributed by atoms with Crippen LogP contribution in [-0.4, -0.2) is 21.8 Å². The molecule has 0 saturated heterocycles. The molecule has 0 radical (unpaired) electrons. The molecule has 1 N–H and O–H groups in total. The van der Waals surface area contributed by atoms with Crippen LogP contribution in [-0.2, 0) is 12.2 Å². The highest BCUT2D eigenvalue weighted by atomic mass is 35.5. The fourth-order valence-electron chi connectivity index (χ4n) is 2.33. The summed E-state index contributed by atoms with van der Waals surface area (Å²) in [6.45, 7) is 0. The number of carboxylic acids is 1. The van der Waals surface area contributed by atoms with Crippen molar-refractivity contribution in [1.82, 2.24) is 4.98 Å². The molecule has 1 aliphatic heterocycles. The lowest BCUT2D eigenvalue weighted by atomic mass is 9.99. The maximum atomic E-state index is 13.9. The van der Waals surface area contributed by atoms with Gasteiger partial charge in [-0.15, -0.1) is 0 Å². The van der Waals surface area contributed by atoms with Crippen molar-refractivity contribution in [3.8, 4) is 0 Å². The van der Waals surface area contributed by atoms with Crippen LogP contribution in [0.2, 0.25) is 5.02 Å². The van der Waals surface area contributed by atoms with Gasteiger partial charge in [0.1, 0.15) is 11.3 Å². The molecular weight excluding hydrogens is 289 g/mol. The molecule has 98 valence electrons. The Hall–Kier alpha value is -1.33. The molecule has 1 aromatic carbocycles. The third-order valence-electron chi connectivity index (χ3n) is 3.17. The first-order valence-electron chi connectivity index (χ1n) is 5.70. The molecule has 0 aliphatic carbocycles. The second kappa shape index (κ2) is 4.65.